The second-order valence-electron chi connectivity index (χ2n) is 8.92. The summed E-state index contributed by atoms with van der Waals surface area (Å²) in [6.45, 7) is 11.3. The number of nitrogens with one attached hydrogen (secondary N) is 2. The third kappa shape index (κ3) is 8.11. The number of ether oxygens (including phenoxy) is 1. The van der Waals surface area contributed by atoms with Gasteiger partial charge < -0.3 is 25.4 Å². The summed E-state index contributed by atoms with van der Waals surface area (Å²) in [4.78, 5) is 39.9. The van der Waals surface area contributed by atoms with Gasteiger partial charge >= 0.3 is 6.09 Å². The number of nitrogens with zero attached hydrogens (tertiary/aromatic N) is 1. The predicted octanol–water partition coefficient (Wildman–Crippen LogP) is 3.36. The average molecular weight is 436 g/mol. The van der Waals surface area contributed by atoms with Gasteiger partial charge in [0.25, 0.3) is 0 Å². The first-order valence-corrected chi connectivity index (χ1v) is 10.7. The van der Waals surface area contributed by atoms with E-state index in [1.54, 1.807) is 52.8 Å². The van der Waals surface area contributed by atoms with Crippen LogP contribution in [0.1, 0.15) is 66.0 Å². The van der Waals surface area contributed by atoms with Crippen molar-refractivity contribution in [2.45, 2.75) is 72.1 Å². The molecule has 174 valence electrons. The SMILES string of the molecule is CCCCNC(=O)C(c1ccccc1O)N(C)C(=O)C(NC(=O)OC(C)(C)C)C(C)C. The Morgan fingerprint density at radius 3 is 2.29 bits per heavy atom. The number of likely N-dealkylation sites (N-methyl/N-ethyl adjacent to an activating group) is 1. The summed E-state index contributed by atoms with van der Waals surface area (Å²) in [7, 11) is 1.49. The highest BCUT2D eigenvalue weighted by Crippen LogP contribution is 2.29. The normalized spacial score (nSPS) is 13.3. The van der Waals surface area contributed by atoms with Gasteiger partial charge in [-0.2, -0.15) is 0 Å². The molecular formula is C23H37N3O5. The fourth-order valence-corrected chi connectivity index (χ4v) is 3.02. The second-order valence-corrected chi connectivity index (χ2v) is 8.92. The lowest BCUT2D eigenvalue weighted by atomic mass is 9.99. The largest absolute Gasteiger partial charge is 0.508 e. The first-order valence-electron chi connectivity index (χ1n) is 10.7. The summed E-state index contributed by atoms with van der Waals surface area (Å²) in [6, 6.07) is 4.46. The van der Waals surface area contributed by atoms with Crippen molar-refractivity contribution in [1.82, 2.24) is 15.5 Å². The summed E-state index contributed by atoms with van der Waals surface area (Å²) < 4.78 is 5.29. The van der Waals surface area contributed by atoms with Crippen LogP contribution in [-0.2, 0) is 14.3 Å². The fraction of sp³-hybridized carbons (Fsp3) is 0.609. The first kappa shape index (κ1) is 26.3. The molecule has 0 radical (unpaired) electrons. The van der Waals surface area contributed by atoms with Crippen molar-refractivity contribution >= 4 is 17.9 Å². The van der Waals surface area contributed by atoms with E-state index in [9.17, 15) is 19.5 Å². The number of para-hydroxylation sites is 1. The maximum Gasteiger partial charge on any atom is 0.408 e. The van der Waals surface area contributed by atoms with E-state index in [4.69, 9.17) is 4.74 Å². The van der Waals surface area contributed by atoms with Crippen LogP contribution in [0, 0.1) is 5.92 Å². The number of unbranched alkanes of at least 4 members (excludes halogenated alkanes) is 1. The molecule has 0 fully saturated rings. The lowest BCUT2D eigenvalue weighted by Gasteiger charge is -2.33. The second kappa shape index (κ2) is 11.6. The molecule has 3 amide bonds. The molecule has 0 aliphatic heterocycles. The van der Waals surface area contributed by atoms with Crippen LogP contribution in [-0.4, -0.2) is 53.1 Å². The minimum Gasteiger partial charge on any atom is -0.508 e. The highest BCUT2D eigenvalue weighted by Gasteiger charge is 2.36. The molecule has 0 aliphatic carbocycles. The summed E-state index contributed by atoms with van der Waals surface area (Å²) in [5, 5.41) is 15.8. The van der Waals surface area contributed by atoms with Crippen molar-refractivity contribution in [1.29, 1.82) is 0 Å². The predicted molar refractivity (Wildman–Crippen MR) is 120 cm³/mol. The van der Waals surface area contributed by atoms with Crippen LogP contribution in [0.2, 0.25) is 0 Å². The Morgan fingerprint density at radius 2 is 1.77 bits per heavy atom. The lowest BCUT2D eigenvalue weighted by Crippen LogP contribution is -2.53. The monoisotopic (exact) mass is 435 g/mol. The van der Waals surface area contributed by atoms with E-state index in [0.29, 0.717) is 12.1 Å². The molecule has 8 heteroatoms. The van der Waals surface area contributed by atoms with Crippen LogP contribution in [0.25, 0.3) is 0 Å². The molecule has 0 bridgehead atoms. The number of hydrogen-bond donors (Lipinski definition) is 3. The molecule has 8 nitrogen and oxygen atoms in total. The van der Waals surface area contributed by atoms with Crippen molar-refractivity contribution in [2.75, 3.05) is 13.6 Å². The molecule has 0 heterocycles. The third-order valence-corrected chi connectivity index (χ3v) is 4.65. The molecule has 2 atom stereocenters. The maximum absolute atomic E-state index is 13.3. The molecule has 0 aliphatic rings. The number of alkyl carbamates (subject to hydrolysis) is 1. The molecule has 1 aromatic carbocycles. The van der Waals surface area contributed by atoms with Gasteiger partial charge in [-0.05, 0) is 39.2 Å². The molecule has 1 aromatic rings. The van der Waals surface area contributed by atoms with E-state index in [0.717, 1.165) is 12.8 Å². The molecule has 0 aromatic heterocycles. The maximum atomic E-state index is 13.3. The molecule has 1 rings (SSSR count). The Balaban J connectivity index is 3.18. The van der Waals surface area contributed by atoms with Gasteiger partial charge in [-0.1, -0.05) is 45.4 Å². The van der Waals surface area contributed by atoms with Crippen LogP contribution in [0.5, 0.6) is 5.75 Å². The lowest BCUT2D eigenvalue weighted by molar-refractivity contribution is -0.141. The number of rotatable bonds is 9. The van der Waals surface area contributed by atoms with E-state index in [2.05, 4.69) is 10.6 Å². The van der Waals surface area contributed by atoms with Crippen LogP contribution in [0.4, 0.5) is 4.79 Å². The standard InChI is InChI=1S/C23H37N3O5/c1-8-9-14-24-20(28)19(16-12-10-11-13-17(16)27)26(7)21(29)18(15(2)3)25-22(30)31-23(4,5)6/h10-13,15,18-19,27H,8-9,14H2,1-7H3,(H,24,28)(H,25,30). The topological polar surface area (TPSA) is 108 Å². The van der Waals surface area contributed by atoms with Gasteiger partial charge in [-0.15, -0.1) is 0 Å². The number of amides is 3. The first-order chi connectivity index (χ1) is 14.4. The minimum atomic E-state index is -1.05. The number of carbonyl (C=O) groups excluding carboxylic acids is 3. The quantitative estimate of drug-likeness (QED) is 0.516. The van der Waals surface area contributed by atoms with Gasteiger partial charge in [-0.3, -0.25) is 9.59 Å². The van der Waals surface area contributed by atoms with Crippen molar-refractivity contribution in [3.63, 3.8) is 0 Å². The minimum absolute atomic E-state index is 0.0843. The smallest absolute Gasteiger partial charge is 0.408 e. The van der Waals surface area contributed by atoms with Crippen molar-refractivity contribution in [2.24, 2.45) is 5.92 Å². The summed E-state index contributed by atoms with van der Waals surface area (Å²) in [6.07, 6.45) is 0.997. The Morgan fingerprint density at radius 1 is 1.16 bits per heavy atom. The summed E-state index contributed by atoms with van der Waals surface area (Å²) in [5.74, 6) is -1.19. The van der Waals surface area contributed by atoms with Gasteiger partial charge in [0, 0.05) is 19.2 Å². The molecule has 2 unspecified atom stereocenters. The van der Waals surface area contributed by atoms with E-state index in [1.165, 1.54) is 18.0 Å². The number of hydrogen-bond acceptors (Lipinski definition) is 5. The van der Waals surface area contributed by atoms with Gasteiger partial charge in [-0.25, -0.2) is 4.79 Å². The molecule has 31 heavy (non-hydrogen) atoms. The Hall–Kier alpha value is -2.77. The van der Waals surface area contributed by atoms with Crippen LogP contribution in [0.15, 0.2) is 24.3 Å². The summed E-state index contributed by atoms with van der Waals surface area (Å²) >= 11 is 0. The zero-order chi connectivity index (χ0) is 23.8. The van der Waals surface area contributed by atoms with E-state index < -0.39 is 35.6 Å². The summed E-state index contributed by atoms with van der Waals surface area (Å²) in [5.41, 5.74) is -0.398. The van der Waals surface area contributed by atoms with Crippen molar-refractivity contribution < 1.29 is 24.2 Å². The number of carbonyl (C=O) groups is 3. The van der Waals surface area contributed by atoms with Crippen molar-refractivity contribution in [3.8, 4) is 5.75 Å². The Labute approximate surface area is 185 Å². The molecule has 0 spiro atoms. The van der Waals surface area contributed by atoms with Crippen LogP contribution < -0.4 is 10.6 Å². The number of aromatic hydroxyl groups is 1. The van der Waals surface area contributed by atoms with Gasteiger partial charge in [0.05, 0.1) is 0 Å². The number of benzene rings is 1. The Bertz CT molecular complexity index is 758. The van der Waals surface area contributed by atoms with Crippen LogP contribution >= 0.6 is 0 Å². The average Bonchev–Trinajstić information content (AvgIpc) is 2.65. The molecule has 0 saturated heterocycles. The van der Waals surface area contributed by atoms with Gasteiger partial charge in [0.15, 0.2) is 0 Å². The van der Waals surface area contributed by atoms with E-state index >= 15 is 0 Å². The van der Waals surface area contributed by atoms with E-state index in [-0.39, 0.29) is 11.7 Å². The molecule has 3 N–H and O–H groups in total. The molecule has 0 saturated carbocycles. The van der Waals surface area contributed by atoms with Crippen molar-refractivity contribution in [3.05, 3.63) is 29.8 Å². The van der Waals surface area contributed by atoms with Gasteiger partial charge in [0.2, 0.25) is 11.8 Å². The highest BCUT2D eigenvalue weighted by atomic mass is 16.6. The number of phenolic OH excluding ortho intramolecular Hbond substituents is 1. The number of phenols is 1. The fourth-order valence-electron chi connectivity index (χ4n) is 3.02. The molecular weight excluding hydrogens is 398 g/mol. The van der Waals surface area contributed by atoms with Gasteiger partial charge in [0.1, 0.15) is 23.4 Å². The Kier molecular flexibility index (Phi) is 9.81. The third-order valence-electron chi connectivity index (χ3n) is 4.65. The van der Waals surface area contributed by atoms with E-state index in [1.807, 2.05) is 6.92 Å². The van der Waals surface area contributed by atoms with Crippen LogP contribution in [0.3, 0.4) is 0 Å². The zero-order valence-corrected chi connectivity index (χ0v) is 19.7. The highest BCUT2D eigenvalue weighted by molar-refractivity contribution is 5.92. The zero-order valence-electron chi connectivity index (χ0n) is 19.7.